The monoisotopic (exact) mass is 446 g/mol. The zero-order valence-corrected chi connectivity index (χ0v) is 19.6. The predicted octanol–water partition coefficient (Wildman–Crippen LogP) is 2.82. The summed E-state index contributed by atoms with van der Waals surface area (Å²) in [5.41, 5.74) is 2.77. The lowest BCUT2D eigenvalue weighted by Gasteiger charge is -2.14. The highest BCUT2D eigenvalue weighted by Crippen LogP contribution is 2.17. The smallest absolute Gasteiger partial charge is 0.216 e. The first-order valence-corrected chi connectivity index (χ1v) is 12.2. The van der Waals surface area contributed by atoms with Crippen LogP contribution in [0.5, 0.6) is 5.75 Å². The molecule has 0 aliphatic heterocycles. The average Bonchev–Trinajstić information content (AvgIpc) is 2.72. The Bertz CT molecular complexity index is 959. The van der Waals surface area contributed by atoms with Gasteiger partial charge in [0.1, 0.15) is 5.75 Å². The average molecular weight is 447 g/mol. The molecule has 170 valence electrons. The van der Waals surface area contributed by atoms with E-state index < -0.39 is 10.0 Å². The molecule has 2 aromatic rings. The Morgan fingerprint density at radius 2 is 1.65 bits per heavy atom. The fraction of sp³-hybridized carbons (Fsp3) is 0.435. The summed E-state index contributed by atoms with van der Waals surface area (Å²) in [4.78, 5) is 4.66. The van der Waals surface area contributed by atoms with E-state index in [1.54, 1.807) is 7.11 Å². The minimum absolute atomic E-state index is 0.0609. The van der Waals surface area contributed by atoms with Gasteiger partial charge >= 0.3 is 0 Å². The van der Waals surface area contributed by atoms with Crippen LogP contribution in [0.15, 0.2) is 53.5 Å². The van der Waals surface area contributed by atoms with Crippen LogP contribution < -0.4 is 20.1 Å². The Balaban J connectivity index is 2.05. The molecule has 8 heteroatoms. The van der Waals surface area contributed by atoms with Gasteiger partial charge in [0.2, 0.25) is 10.0 Å². The summed E-state index contributed by atoms with van der Waals surface area (Å²) >= 11 is 0. The fourth-order valence-corrected chi connectivity index (χ4v) is 4.68. The van der Waals surface area contributed by atoms with E-state index in [-0.39, 0.29) is 11.8 Å². The van der Waals surface area contributed by atoms with Crippen LogP contribution in [0.1, 0.15) is 37.5 Å². The first-order valence-electron chi connectivity index (χ1n) is 10.6. The maximum absolute atomic E-state index is 12.3. The highest BCUT2D eigenvalue weighted by molar-refractivity contribution is 7.88. The Hall–Kier alpha value is -2.58. The summed E-state index contributed by atoms with van der Waals surface area (Å²) in [5, 5.41) is 6.58. The molecule has 31 heavy (non-hydrogen) atoms. The number of guanidine groups is 1. The van der Waals surface area contributed by atoms with Crippen LogP contribution in [0.25, 0.3) is 0 Å². The largest absolute Gasteiger partial charge is 0.496 e. The zero-order chi connectivity index (χ0) is 22.7. The van der Waals surface area contributed by atoms with Crippen molar-refractivity contribution in [3.63, 3.8) is 0 Å². The number of hydrogen-bond acceptors (Lipinski definition) is 4. The van der Waals surface area contributed by atoms with Crippen LogP contribution in [0, 0.1) is 0 Å². The lowest BCUT2D eigenvalue weighted by Crippen LogP contribution is -2.38. The van der Waals surface area contributed by atoms with Gasteiger partial charge in [0.05, 0.1) is 19.4 Å². The third-order valence-electron chi connectivity index (χ3n) is 4.51. The fourth-order valence-electron chi connectivity index (χ4n) is 3.19. The molecule has 0 aromatic heterocycles. The van der Waals surface area contributed by atoms with Crippen LogP contribution in [0.2, 0.25) is 0 Å². The number of sulfonamides is 1. The maximum Gasteiger partial charge on any atom is 0.216 e. The summed E-state index contributed by atoms with van der Waals surface area (Å²) in [6.45, 7) is 7.45. The number of para-hydroxylation sites is 1. The van der Waals surface area contributed by atoms with E-state index in [9.17, 15) is 8.42 Å². The van der Waals surface area contributed by atoms with Gasteiger partial charge in [0.15, 0.2) is 5.96 Å². The van der Waals surface area contributed by atoms with Crippen LogP contribution in [-0.2, 0) is 28.7 Å². The third kappa shape index (κ3) is 8.59. The molecule has 0 unspecified atom stereocenters. The number of ether oxygens (including phenoxy) is 1. The molecule has 0 amide bonds. The van der Waals surface area contributed by atoms with Crippen molar-refractivity contribution >= 4 is 16.0 Å². The van der Waals surface area contributed by atoms with E-state index in [1.807, 2.05) is 69.3 Å². The summed E-state index contributed by atoms with van der Waals surface area (Å²) in [6, 6.07) is 15.3. The van der Waals surface area contributed by atoms with Gasteiger partial charge in [0, 0.05) is 19.1 Å². The van der Waals surface area contributed by atoms with Crippen molar-refractivity contribution in [2.45, 2.75) is 45.5 Å². The summed E-state index contributed by atoms with van der Waals surface area (Å²) in [6.07, 6.45) is 0.796. The number of nitrogens with one attached hydrogen (secondary N) is 3. The molecule has 0 fully saturated rings. The standard InChI is InChI=1S/C23H34N4O3S/c1-5-24-23(25-15-14-19-10-8-9-13-22(19)30-4)26-16-20-11-6-7-12-21(20)17-31(28,29)27-18(2)3/h6-13,18,27H,5,14-17H2,1-4H3,(H2,24,25,26). The Morgan fingerprint density at radius 3 is 2.29 bits per heavy atom. The number of rotatable bonds is 11. The van der Waals surface area contributed by atoms with Crippen molar-refractivity contribution in [3.8, 4) is 5.75 Å². The normalized spacial score (nSPS) is 12.1. The van der Waals surface area contributed by atoms with Crippen molar-refractivity contribution in [2.75, 3.05) is 20.2 Å². The molecule has 0 aliphatic rings. The highest BCUT2D eigenvalue weighted by atomic mass is 32.2. The van der Waals surface area contributed by atoms with Crippen molar-refractivity contribution in [2.24, 2.45) is 4.99 Å². The van der Waals surface area contributed by atoms with Gasteiger partial charge in [0.25, 0.3) is 0 Å². The molecule has 2 rings (SSSR count). The van der Waals surface area contributed by atoms with Gasteiger partial charge in [-0.05, 0) is 49.9 Å². The summed E-state index contributed by atoms with van der Waals surface area (Å²) in [5.74, 6) is 1.50. The molecule has 0 saturated carbocycles. The maximum atomic E-state index is 12.3. The van der Waals surface area contributed by atoms with Crippen LogP contribution in [-0.4, -0.2) is 40.6 Å². The van der Waals surface area contributed by atoms with E-state index in [0.717, 1.165) is 35.4 Å². The first kappa shape index (κ1) is 24.7. The van der Waals surface area contributed by atoms with Gasteiger partial charge in [-0.3, -0.25) is 0 Å². The Morgan fingerprint density at radius 1 is 1.00 bits per heavy atom. The minimum atomic E-state index is -3.40. The number of aliphatic imine (C=N–C) groups is 1. The molecule has 0 heterocycles. The molecule has 3 N–H and O–H groups in total. The molecule has 0 radical (unpaired) electrons. The highest BCUT2D eigenvalue weighted by Gasteiger charge is 2.15. The molecule has 0 bridgehead atoms. The zero-order valence-electron chi connectivity index (χ0n) is 18.8. The van der Waals surface area contributed by atoms with Gasteiger partial charge in [-0.25, -0.2) is 18.1 Å². The molecule has 0 saturated heterocycles. The van der Waals surface area contributed by atoms with E-state index in [2.05, 4.69) is 20.3 Å². The van der Waals surface area contributed by atoms with Crippen molar-refractivity contribution in [3.05, 3.63) is 65.2 Å². The molecule has 2 aromatic carbocycles. The first-order chi connectivity index (χ1) is 14.8. The summed E-state index contributed by atoms with van der Waals surface area (Å²) < 4.78 is 32.7. The molecule has 0 aliphatic carbocycles. The van der Waals surface area contributed by atoms with E-state index in [0.29, 0.717) is 19.0 Å². The van der Waals surface area contributed by atoms with E-state index >= 15 is 0 Å². The predicted molar refractivity (Wildman–Crippen MR) is 127 cm³/mol. The quantitative estimate of drug-likeness (QED) is 0.365. The van der Waals surface area contributed by atoms with E-state index in [4.69, 9.17) is 4.74 Å². The van der Waals surface area contributed by atoms with Crippen molar-refractivity contribution < 1.29 is 13.2 Å². The number of nitrogens with zero attached hydrogens (tertiary/aromatic N) is 1. The van der Waals surface area contributed by atoms with Gasteiger partial charge in [-0.1, -0.05) is 42.5 Å². The lowest BCUT2D eigenvalue weighted by atomic mass is 10.1. The third-order valence-corrected chi connectivity index (χ3v) is 6.03. The lowest BCUT2D eigenvalue weighted by molar-refractivity contribution is 0.409. The van der Waals surface area contributed by atoms with Crippen LogP contribution in [0.3, 0.4) is 0 Å². The number of methoxy groups -OCH3 is 1. The Labute approximate surface area is 186 Å². The van der Waals surface area contributed by atoms with Gasteiger partial charge in [-0.2, -0.15) is 0 Å². The topological polar surface area (TPSA) is 91.8 Å². The second kappa shape index (κ2) is 12.3. The second-order valence-corrected chi connectivity index (χ2v) is 9.24. The number of benzene rings is 2. The number of hydrogen-bond donors (Lipinski definition) is 3. The second-order valence-electron chi connectivity index (χ2n) is 7.48. The molecule has 7 nitrogen and oxygen atoms in total. The summed E-state index contributed by atoms with van der Waals surface area (Å²) in [7, 11) is -1.73. The molecule has 0 spiro atoms. The van der Waals surface area contributed by atoms with Crippen LogP contribution in [0.4, 0.5) is 0 Å². The molecular weight excluding hydrogens is 412 g/mol. The van der Waals surface area contributed by atoms with Gasteiger partial charge in [-0.15, -0.1) is 0 Å². The Kier molecular flexibility index (Phi) is 9.81. The van der Waals surface area contributed by atoms with Crippen molar-refractivity contribution in [1.29, 1.82) is 0 Å². The molecule has 0 atom stereocenters. The van der Waals surface area contributed by atoms with Crippen LogP contribution >= 0.6 is 0 Å². The minimum Gasteiger partial charge on any atom is -0.496 e. The van der Waals surface area contributed by atoms with E-state index in [1.165, 1.54) is 0 Å². The SMILES string of the molecule is CCNC(=NCc1ccccc1CS(=O)(=O)NC(C)C)NCCc1ccccc1OC. The van der Waals surface area contributed by atoms with Gasteiger partial charge < -0.3 is 15.4 Å². The van der Waals surface area contributed by atoms with Crippen molar-refractivity contribution in [1.82, 2.24) is 15.4 Å². The molecular formula is C23H34N4O3S.